The van der Waals surface area contributed by atoms with E-state index in [-0.39, 0.29) is 0 Å². The molecule has 0 fully saturated rings. The minimum absolute atomic E-state index is 0.569. The lowest BCUT2D eigenvalue weighted by atomic mass is 10.0. The minimum atomic E-state index is 0.569. The lowest BCUT2D eigenvalue weighted by Crippen LogP contribution is -2.25. The van der Waals surface area contributed by atoms with E-state index in [4.69, 9.17) is 23.2 Å². The summed E-state index contributed by atoms with van der Waals surface area (Å²) in [4.78, 5) is 0. The maximum atomic E-state index is 6.14. The molecule has 0 aliphatic carbocycles. The van der Waals surface area contributed by atoms with E-state index in [1.165, 1.54) is 12.8 Å². The molecule has 1 nitrogen and oxygen atoms in total. The normalized spacial score (nSPS) is 12.8. The van der Waals surface area contributed by atoms with Crippen LogP contribution in [0, 0.1) is 0 Å². The molecule has 0 amide bonds. The van der Waals surface area contributed by atoms with Crippen molar-refractivity contribution in [2.45, 2.75) is 38.6 Å². The van der Waals surface area contributed by atoms with Crippen molar-refractivity contribution in [2.24, 2.45) is 0 Å². The second-order valence-electron chi connectivity index (χ2n) is 4.03. The predicted octanol–water partition coefficient (Wildman–Crippen LogP) is 4.31. The van der Waals surface area contributed by atoms with Crippen LogP contribution in [0.15, 0.2) is 18.2 Å². The first kappa shape index (κ1) is 13.8. The molecule has 0 bridgehead atoms. The van der Waals surface area contributed by atoms with Gasteiger partial charge in [-0.1, -0.05) is 48.7 Å². The van der Waals surface area contributed by atoms with E-state index in [2.05, 4.69) is 12.2 Å². The first-order chi connectivity index (χ1) is 7.69. The van der Waals surface area contributed by atoms with Crippen LogP contribution in [0.5, 0.6) is 0 Å². The van der Waals surface area contributed by atoms with E-state index in [0.717, 1.165) is 18.4 Å². The quantitative estimate of drug-likeness (QED) is 0.803. The molecule has 0 saturated heterocycles. The van der Waals surface area contributed by atoms with Gasteiger partial charge in [-0.2, -0.15) is 0 Å². The van der Waals surface area contributed by atoms with Gasteiger partial charge in [0.05, 0.1) is 10.0 Å². The summed E-state index contributed by atoms with van der Waals surface area (Å²) >= 11 is 12.1. The summed E-state index contributed by atoms with van der Waals surface area (Å²) in [5.74, 6) is 0. The Bertz CT molecular complexity index is 326. The average molecular weight is 260 g/mol. The van der Waals surface area contributed by atoms with Crippen LogP contribution in [-0.2, 0) is 6.42 Å². The standard InChI is InChI=1S/C13H19Cl2N/c1-3-5-11(16-2)9-8-10-6-4-7-12(14)13(10)15/h4,6-7,11,16H,3,5,8-9H2,1-2H3. The number of halogens is 2. The molecule has 1 aromatic carbocycles. The van der Waals surface area contributed by atoms with Crippen LogP contribution in [0.3, 0.4) is 0 Å². The van der Waals surface area contributed by atoms with Crippen molar-refractivity contribution in [2.75, 3.05) is 7.05 Å². The molecule has 3 heteroatoms. The Hall–Kier alpha value is -0.240. The zero-order valence-electron chi connectivity index (χ0n) is 9.89. The Morgan fingerprint density at radius 2 is 2.00 bits per heavy atom. The summed E-state index contributed by atoms with van der Waals surface area (Å²) in [7, 11) is 2.01. The first-order valence-corrected chi connectivity index (χ1v) is 6.54. The zero-order chi connectivity index (χ0) is 12.0. The van der Waals surface area contributed by atoms with E-state index < -0.39 is 0 Å². The SMILES string of the molecule is CCCC(CCc1cccc(Cl)c1Cl)NC. The Balaban J connectivity index is 2.56. The second-order valence-corrected chi connectivity index (χ2v) is 4.81. The van der Waals surface area contributed by atoms with Crippen LogP contribution < -0.4 is 5.32 Å². The molecule has 0 aromatic heterocycles. The monoisotopic (exact) mass is 259 g/mol. The second kappa shape index (κ2) is 7.16. The van der Waals surface area contributed by atoms with Gasteiger partial charge in [-0.25, -0.2) is 0 Å². The van der Waals surface area contributed by atoms with Crippen LogP contribution in [0.25, 0.3) is 0 Å². The van der Waals surface area contributed by atoms with Gasteiger partial charge < -0.3 is 5.32 Å². The molecule has 1 rings (SSSR count). The Morgan fingerprint density at radius 3 is 2.62 bits per heavy atom. The zero-order valence-corrected chi connectivity index (χ0v) is 11.4. The van der Waals surface area contributed by atoms with Gasteiger partial charge >= 0.3 is 0 Å². The maximum absolute atomic E-state index is 6.14. The largest absolute Gasteiger partial charge is 0.317 e. The van der Waals surface area contributed by atoms with E-state index in [1.54, 1.807) is 0 Å². The third-order valence-corrected chi connectivity index (χ3v) is 3.70. The Morgan fingerprint density at radius 1 is 1.25 bits per heavy atom. The number of aryl methyl sites for hydroxylation is 1. The topological polar surface area (TPSA) is 12.0 Å². The number of hydrogen-bond acceptors (Lipinski definition) is 1. The molecule has 16 heavy (non-hydrogen) atoms. The summed E-state index contributed by atoms with van der Waals surface area (Å²) < 4.78 is 0. The summed E-state index contributed by atoms with van der Waals surface area (Å²) in [5, 5.41) is 4.68. The molecular formula is C13H19Cl2N. The highest BCUT2D eigenvalue weighted by Gasteiger charge is 2.08. The van der Waals surface area contributed by atoms with Gasteiger partial charge in [0.2, 0.25) is 0 Å². The Kier molecular flexibility index (Phi) is 6.18. The van der Waals surface area contributed by atoms with Crippen molar-refractivity contribution < 1.29 is 0 Å². The van der Waals surface area contributed by atoms with Gasteiger partial charge in [0.15, 0.2) is 0 Å². The number of nitrogens with one attached hydrogen (secondary N) is 1. The van der Waals surface area contributed by atoms with E-state index >= 15 is 0 Å². The van der Waals surface area contributed by atoms with E-state index in [0.29, 0.717) is 16.1 Å². The molecule has 1 N–H and O–H groups in total. The smallest absolute Gasteiger partial charge is 0.0624 e. The fourth-order valence-electron chi connectivity index (χ4n) is 1.85. The molecule has 0 aliphatic heterocycles. The van der Waals surface area contributed by atoms with Gasteiger partial charge in [-0.05, 0) is 37.9 Å². The van der Waals surface area contributed by atoms with Gasteiger partial charge in [-0.3, -0.25) is 0 Å². The third-order valence-electron chi connectivity index (χ3n) is 2.84. The molecule has 0 aliphatic rings. The van der Waals surface area contributed by atoms with Gasteiger partial charge in [0.1, 0.15) is 0 Å². The maximum Gasteiger partial charge on any atom is 0.0624 e. The van der Waals surface area contributed by atoms with Gasteiger partial charge in [0.25, 0.3) is 0 Å². The Labute approximate surface area is 108 Å². The van der Waals surface area contributed by atoms with Crippen molar-refractivity contribution in [3.05, 3.63) is 33.8 Å². The highest BCUT2D eigenvalue weighted by atomic mass is 35.5. The molecule has 0 spiro atoms. The van der Waals surface area contributed by atoms with Crippen LogP contribution in [0.2, 0.25) is 10.0 Å². The molecule has 1 aromatic rings. The third kappa shape index (κ3) is 3.97. The fraction of sp³-hybridized carbons (Fsp3) is 0.538. The summed E-state index contributed by atoms with van der Waals surface area (Å²) in [5.41, 5.74) is 1.14. The summed E-state index contributed by atoms with van der Waals surface area (Å²) in [6.45, 7) is 2.21. The van der Waals surface area contributed by atoms with E-state index in [1.807, 2.05) is 25.2 Å². The molecule has 0 heterocycles. The van der Waals surface area contributed by atoms with Crippen LogP contribution >= 0.6 is 23.2 Å². The van der Waals surface area contributed by atoms with Crippen LogP contribution in [0.4, 0.5) is 0 Å². The van der Waals surface area contributed by atoms with Crippen molar-refractivity contribution in [3.63, 3.8) is 0 Å². The first-order valence-electron chi connectivity index (χ1n) is 5.79. The molecule has 1 atom stereocenters. The van der Waals surface area contributed by atoms with Gasteiger partial charge in [-0.15, -0.1) is 0 Å². The highest BCUT2D eigenvalue weighted by Crippen LogP contribution is 2.26. The molecule has 0 saturated carbocycles. The minimum Gasteiger partial charge on any atom is -0.317 e. The van der Waals surface area contributed by atoms with Crippen molar-refractivity contribution >= 4 is 23.2 Å². The predicted molar refractivity (Wildman–Crippen MR) is 72.5 cm³/mol. The van der Waals surface area contributed by atoms with E-state index in [9.17, 15) is 0 Å². The highest BCUT2D eigenvalue weighted by molar-refractivity contribution is 6.42. The van der Waals surface area contributed by atoms with Crippen molar-refractivity contribution in [1.82, 2.24) is 5.32 Å². The van der Waals surface area contributed by atoms with Crippen LogP contribution in [-0.4, -0.2) is 13.1 Å². The van der Waals surface area contributed by atoms with Crippen molar-refractivity contribution in [1.29, 1.82) is 0 Å². The number of benzene rings is 1. The summed E-state index contributed by atoms with van der Waals surface area (Å²) in [6.07, 6.45) is 4.48. The molecule has 0 radical (unpaired) electrons. The van der Waals surface area contributed by atoms with Gasteiger partial charge in [0, 0.05) is 6.04 Å². The lowest BCUT2D eigenvalue weighted by molar-refractivity contribution is 0.484. The number of hydrogen-bond donors (Lipinski definition) is 1. The number of rotatable bonds is 6. The lowest BCUT2D eigenvalue weighted by Gasteiger charge is -2.15. The molecule has 90 valence electrons. The van der Waals surface area contributed by atoms with Crippen molar-refractivity contribution in [3.8, 4) is 0 Å². The summed E-state index contributed by atoms with van der Waals surface area (Å²) in [6, 6.07) is 6.40. The molecule has 1 unspecified atom stereocenters. The van der Waals surface area contributed by atoms with Crippen LogP contribution in [0.1, 0.15) is 31.7 Å². The average Bonchev–Trinajstić information content (AvgIpc) is 2.29. The fourth-order valence-corrected chi connectivity index (χ4v) is 2.27. The molecular weight excluding hydrogens is 241 g/mol.